The van der Waals surface area contributed by atoms with Crippen molar-refractivity contribution in [1.29, 1.82) is 0 Å². The van der Waals surface area contributed by atoms with Crippen molar-refractivity contribution in [1.82, 2.24) is 10.2 Å². The molecule has 0 radical (unpaired) electrons. The van der Waals surface area contributed by atoms with Crippen molar-refractivity contribution in [3.63, 3.8) is 0 Å². The third-order valence-corrected chi connectivity index (χ3v) is 3.92. The molecule has 22 heavy (non-hydrogen) atoms. The molecule has 2 aromatic rings. The lowest BCUT2D eigenvalue weighted by atomic mass is 9.99. The summed E-state index contributed by atoms with van der Waals surface area (Å²) in [6.07, 6.45) is 3.50. The Labute approximate surface area is 129 Å². The molecule has 1 saturated heterocycles. The molecule has 0 aliphatic carbocycles. The number of nitrogens with zero attached hydrogens (tertiary/aromatic N) is 2. The summed E-state index contributed by atoms with van der Waals surface area (Å²) in [6.45, 7) is 2.65. The van der Waals surface area contributed by atoms with Gasteiger partial charge in [-0.2, -0.15) is 0 Å². The van der Waals surface area contributed by atoms with E-state index in [0.717, 1.165) is 49.7 Å². The van der Waals surface area contributed by atoms with Gasteiger partial charge in [0.25, 0.3) is 0 Å². The van der Waals surface area contributed by atoms with Crippen LogP contribution in [0.1, 0.15) is 19.3 Å². The second-order valence-electron chi connectivity index (χ2n) is 5.61. The van der Waals surface area contributed by atoms with Gasteiger partial charge in [0.15, 0.2) is 0 Å². The molecule has 1 aromatic carbocycles. The van der Waals surface area contributed by atoms with Crippen LogP contribution in [0.5, 0.6) is 0 Å². The highest BCUT2D eigenvalue weighted by Gasteiger charge is 2.13. The van der Waals surface area contributed by atoms with Crippen molar-refractivity contribution in [3.05, 3.63) is 42.2 Å². The second kappa shape index (κ2) is 7.31. The first-order valence-corrected chi connectivity index (χ1v) is 7.72. The molecule has 3 rings (SSSR count). The Kier molecular flexibility index (Phi) is 4.96. The number of ether oxygens (including phenoxy) is 1. The first-order chi connectivity index (χ1) is 10.8. The Morgan fingerprint density at radius 3 is 2.68 bits per heavy atom. The van der Waals surface area contributed by atoms with Gasteiger partial charge in [0, 0.05) is 25.3 Å². The van der Waals surface area contributed by atoms with E-state index in [1.165, 1.54) is 18.6 Å². The predicted octanol–water partition coefficient (Wildman–Crippen LogP) is 3.51. The van der Waals surface area contributed by atoms with Crippen LogP contribution in [-0.4, -0.2) is 30.0 Å². The Bertz CT molecular complexity index is 580. The minimum absolute atomic E-state index is 0.248. The molecule has 2 heterocycles. The maximum atomic E-state index is 12.9. The average Bonchev–Trinajstić information content (AvgIpc) is 2.57. The SMILES string of the molecule is Fc1ccc(-c2ccc(NCC[C@@H]3CCCOC3)nn2)cc1. The minimum Gasteiger partial charge on any atom is -0.381 e. The Morgan fingerprint density at radius 1 is 1.14 bits per heavy atom. The van der Waals surface area contributed by atoms with Crippen LogP contribution in [0, 0.1) is 11.7 Å². The van der Waals surface area contributed by atoms with E-state index in [2.05, 4.69) is 15.5 Å². The zero-order valence-electron chi connectivity index (χ0n) is 12.5. The topological polar surface area (TPSA) is 47.0 Å². The lowest BCUT2D eigenvalue weighted by Gasteiger charge is -2.21. The first kappa shape index (κ1) is 14.9. The Hall–Kier alpha value is -2.01. The number of aromatic nitrogens is 2. The highest BCUT2D eigenvalue weighted by Crippen LogP contribution is 2.19. The molecule has 0 spiro atoms. The smallest absolute Gasteiger partial charge is 0.148 e. The molecule has 1 atom stereocenters. The normalized spacial score (nSPS) is 18.1. The molecule has 5 heteroatoms. The molecule has 116 valence electrons. The molecule has 0 amide bonds. The maximum absolute atomic E-state index is 12.9. The molecule has 1 N–H and O–H groups in total. The summed E-state index contributed by atoms with van der Waals surface area (Å²) < 4.78 is 18.4. The molecule has 1 aliphatic rings. The van der Waals surface area contributed by atoms with E-state index in [1.54, 1.807) is 12.1 Å². The van der Waals surface area contributed by atoms with Gasteiger partial charge in [-0.3, -0.25) is 0 Å². The fourth-order valence-corrected chi connectivity index (χ4v) is 2.64. The summed E-state index contributed by atoms with van der Waals surface area (Å²) in [5.41, 5.74) is 1.60. The molecule has 0 bridgehead atoms. The largest absolute Gasteiger partial charge is 0.381 e. The van der Waals surface area contributed by atoms with E-state index in [-0.39, 0.29) is 5.82 Å². The van der Waals surface area contributed by atoms with Gasteiger partial charge in [0.05, 0.1) is 5.69 Å². The number of hydrogen-bond donors (Lipinski definition) is 1. The van der Waals surface area contributed by atoms with E-state index in [0.29, 0.717) is 5.92 Å². The van der Waals surface area contributed by atoms with E-state index < -0.39 is 0 Å². The lowest BCUT2D eigenvalue weighted by Crippen LogP contribution is -2.20. The standard InChI is InChI=1S/C17H20FN3O/c18-15-5-3-14(4-6-15)16-7-8-17(21-20-16)19-10-9-13-2-1-11-22-12-13/h3-8,13H,1-2,9-12H2,(H,19,21)/t13-/m0/s1. The van der Waals surface area contributed by atoms with Gasteiger partial charge in [0.2, 0.25) is 0 Å². The molecule has 1 fully saturated rings. The fraction of sp³-hybridized carbons (Fsp3) is 0.412. The highest BCUT2D eigenvalue weighted by atomic mass is 19.1. The number of nitrogens with one attached hydrogen (secondary N) is 1. The van der Waals surface area contributed by atoms with Crippen molar-refractivity contribution in [2.45, 2.75) is 19.3 Å². The van der Waals surface area contributed by atoms with Crippen LogP contribution >= 0.6 is 0 Å². The summed E-state index contributed by atoms with van der Waals surface area (Å²) in [4.78, 5) is 0. The number of benzene rings is 1. The summed E-state index contributed by atoms with van der Waals surface area (Å²) in [5.74, 6) is 1.16. The van der Waals surface area contributed by atoms with Crippen LogP contribution in [0.25, 0.3) is 11.3 Å². The van der Waals surface area contributed by atoms with Gasteiger partial charge < -0.3 is 10.1 Å². The molecule has 4 nitrogen and oxygen atoms in total. The molecular formula is C17H20FN3O. The monoisotopic (exact) mass is 301 g/mol. The van der Waals surface area contributed by atoms with Crippen LogP contribution in [0.4, 0.5) is 10.2 Å². The average molecular weight is 301 g/mol. The van der Waals surface area contributed by atoms with Crippen LogP contribution in [0.3, 0.4) is 0 Å². The number of rotatable bonds is 5. The minimum atomic E-state index is -0.248. The zero-order chi connectivity index (χ0) is 15.2. The van der Waals surface area contributed by atoms with Crippen LogP contribution in [0.2, 0.25) is 0 Å². The van der Waals surface area contributed by atoms with Crippen molar-refractivity contribution in [2.75, 3.05) is 25.1 Å². The van der Waals surface area contributed by atoms with Gasteiger partial charge in [-0.15, -0.1) is 10.2 Å². The fourth-order valence-electron chi connectivity index (χ4n) is 2.64. The van der Waals surface area contributed by atoms with Gasteiger partial charge in [-0.05, 0) is 61.6 Å². The Balaban J connectivity index is 1.51. The third kappa shape index (κ3) is 4.01. The number of halogens is 1. The molecule has 1 aliphatic heterocycles. The molecule has 0 saturated carbocycles. The van der Waals surface area contributed by atoms with Gasteiger partial charge in [-0.25, -0.2) is 4.39 Å². The Morgan fingerprint density at radius 2 is 2.00 bits per heavy atom. The lowest BCUT2D eigenvalue weighted by molar-refractivity contribution is 0.0530. The first-order valence-electron chi connectivity index (χ1n) is 7.72. The molecule has 1 aromatic heterocycles. The summed E-state index contributed by atoms with van der Waals surface area (Å²) in [5, 5.41) is 11.6. The van der Waals surface area contributed by atoms with Crippen molar-refractivity contribution in [2.24, 2.45) is 5.92 Å². The molecule has 0 unspecified atom stereocenters. The van der Waals surface area contributed by atoms with Crippen LogP contribution in [0.15, 0.2) is 36.4 Å². The van der Waals surface area contributed by atoms with E-state index in [4.69, 9.17) is 4.74 Å². The molecular weight excluding hydrogens is 281 g/mol. The summed E-state index contributed by atoms with van der Waals surface area (Å²) >= 11 is 0. The predicted molar refractivity (Wildman–Crippen MR) is 84.1 cm³/mol. The van der Waals surface area contributed by atoms with Crippen LogP contribution < -0.4 is 5.32 Å². The van der Waals surface area contributed by atoms with E-state index in [1.807, 2.05) is 12.1 Å². The van der Waals surface area contributed by atoms with Crippen molar-refractivity contribution < 1.29 is 9.13 Å². The number of hydrogen-bond acceptors (Lipinski definition) is 4. The van der Waals surface area contributed by atoms with Crippen molar-refractivity contribution >= 4 is 5.82 Å². The van der Waals surface area contributed by atoms with Gasteiger partial charge in [-0.1, -0.05) is 0 Å². The van der Waals surface area contributed by atoms with Crippen molar-refractivity contribution in [3.8, 4) is 11.3 Å². The maximum Gasteiger partial charge on any atom is 0.148 e. The zero-order valence-corrected chi connectivity index (χ0v) is 12.5. The number of anilines is 1. The highest BCUT2D eigenvalue weighted by molar-refractivity contribution is 5.59. The third-order valence-electron chi connectivity index (χ3n) is 3.92. The van der Waals surface area contributed by atoms with Gasteiger partial charge >= 0.3 is 0 Å². The second-order valence-corrected chi connectivity index (χ2v) is 5.61. The van der Waals surface area contributed by atoms with Crippen LogP contribution in [-0.2, 0) is 4.74 Å². The quantitative estimate of drug-likeness (QED) is 0.918. The van der Waals surface area contributed by atoms with E-state index >= 15 is 0 Å². The summed E-state index contributed by atoms with van der Waals surface area (Å²) in [6, 6.07) is 10.1. The van der Waals surface area contributed by atoms with E-state index in [9.17, 15) is 4.39 Å². The summed E-state index contributed by atoms with van der Waals surface area (Å²) in [7, 11) is 0. The van der Waals surface area contributed by atoms with Gasteiger partial charge in [0.1, 0.15) is 11.6 Å².